The topological polar surface area (TPSA) is 98.7 Å². The van der Waals surface area contributed by atoms with Crippen molar-refractivity contribution in [2.75, 3.05) is 12.3 Å². The molecule has 0 bridgehead atoms. The minimum atomic E-state index is -0.0700. The second-order valence-electron chi connectivity index (χ2n) is 4.22. The second kappa shape index (κ2) is 5.94. The standard InChI is InChI=1S/C12H16N6O/c1-18-8-16-17-11(18)4-5-14-12(19)6-10-3-2-9(13)7-15-10/h2-3,7-8H,4-6,13H2,1H3,(H,14,19). The van der Waals surface area contributed by atoms with E-state index in [1.54, 1.807) is 24.7 Å². The predicted molar refractivity (Wildman–Crippen MR) is 70.1 cm³/mol. The Morgan fingerprint density at radius 1 is 1.47 bits per heavy atom. The van der Waals surface area contributed by atoms with Gasteiger partial charge >= 0.3 is 0 Å². The minimum Gasteiger partial charge on any atom is -0.397 e. The Morgan fingerprint density at radius 2 is 2.32 bits per heavy atom. The molecule has 0 spiro atoms. The summed E-state index contributed by atoms with van der Waals surface area (Å²) in [6, 6.07) is 3.48. The third kappa shape index (κ3) is 3.77. The quantitative estimate of drug-likeness (QED) is 0.768. The van der Waals surface area contributed by atoms with E-state index in [4.69, 9.17) is 5.73 Å². The molecule has 1 amide bonds. The zero-order chi connectivity index (χ0) is 13.7. The Kier molecular flexibility index (Phi) is 4.07. The molecule has 2 aromatic heterocycles. The number of carbonyl (C=O) groups excluding carboxylic acids is 1. The van der Waals surface area contributed by atoms with Gasteiger partial charge in [-0.25, -0.2) is 0 Å². The maximum absolute atomic E-state index is 11.7. The summed E-state index contributed by atoms with van der Waals surface area (Å²) in [6.45, 7) is 0.528. The van der Waals surface area contributed by atoms with Crippen LogP contribution in [0.3, 0.4) is 0 Å². The maximum Gasteiger partial charge on any atom is 0.226 e. The average Bonchev–Trinajstić information content (AvgIpc) is 2.78. The van der Waals surface area contributed by atoms with Crippen LogP contribution < -0.4 is 11.1 Å². The smallest absolute Gasteiger partial charge is 0.226 e. The van der Waals surface area contributed by atoms with Crippen LogP contribution >= 0.6 is 0 Å². The number of nitrogens with one attached hydrogen (secondary N) is 1. The van der Waals surface area contributed by atoms with E-state index in [1.165, 1.54) is 0 Å². The largest absolute Gasteiger partial charge is 0.397 e. The van der Waals surface area contributed by atoms with Crippen molar-refractivity contribution in [2.45, 2.75) is 12.8 Å². The van der Waals surface area contributed by atoms with E-state index in [0.717, 1.165) is 5.82 Å². The van der Waals surface area contributed by atoms with Crippen molar-refractivity contribution in [3.63, 3.8) is 0 Å². The van der Waals surface area contributed by atoms with Crippen molar-refractivity contribution in [2.24, 2.45) is 7.05 Å². The van der Waals surface area contributed by atoms with E-state index in [0.29, 0.717) is 24.3 Å². The van der Waals surface area contributed by atoms with Crippen LogP contribution in [0.2, 0.25) is 0 Å². The van der Waals surface area contributed by atoms with Crippen LogP contribution in [0.5, 0.6) is 0 Å². The predicted octanol–water partition coefficient (Wildman–Crippen LogP) is -0.306. The molecule has 0 aromatic carbocycles. The molecule has 0 aliphatic heterocycles. The first-order valence-electron chi connectivity index (χ1n) is 5.95. The number of nitrogens with two attached hydrogens (primary N) is 1. The van der Waals surface area contributed by atoms with Crippen LogP contribution in [0, 0.1) is 0 Å². The molecule has 7 nitrogen and oxygen atoms in total. The highest BCUT2D eigenvalue weighted by atomic mass is 16.1. The first-order chi connectivity index (χ1) is 9.15. The number of rotatable bonds is 5. The van der Waals surface area contributed by atoms with E-state index in [1.807, 2.05) is 11.6 Å². The average molecular weight is 260 g/mol. The summed E-state index contributed by atoms with van der Waals surface area (Å²) in [5.41, 5.74) is 6.82. The lowest BCUT2D eigenvalue weighted by molar-refractivity contribution is -0.120. The number of nitrogens with zero attached hydrogens (tertiary/aromatic N) is 4. The Balaban J connectivity index is 1.76. The van der Waals surface area contributed by atoms with Crippen LogP contribution in [-0.2, 0) is 24.7 Å². The van der Waals surface area contributed by atoms with Crippen molar-refractivity contribution in [1.82, 2.24) is 25.1 Å². The Morgan fingerprint density at radius 3 is 2.95 bits per heavy atom. The van der Waals surface area contributed by atoms with Gasteiger partial charge in [0.05, 0.1) is 18.3 Å². The molecular weight excluding hydrogens is 244 g/mol. The Labute approximate surface area is 110 Å². The van der Waals surface area contributed by atoms with Crippen LogP contribution in [-0.4, -0.2) is 32.2 Å². The van der Waals surface area contributed by atoms with Gasteiger partial charge in [-0.05, 0) is 12.1 Å². The maximum atomic E-state index is 11.7. The third-order valence-electron chi connectivity index (χ3n) is 2.67. The summed E-state index contributed by atoms with van der Waals surface area (Å²) >= 11 is 0. The van der Waals surface area contributed by atoms with Gasteiger partial charge < -0.3 is 15.6 Å². The summed E-state index contributed by atoms with van der Waals surface area (Å²) in [7, 11) is 1.87. The molecule has 2 aromatic rings. The normalized spacial score (nSPS) is 10.4. The molecule has 19 heavy (non-hydrogen) atoms. The number of hydrogen-bond donors (Lipinski definition) is 2. The van der Waals surface area contributed by atoms with Gasteiger partial charge in [0.1, 0.15) is 12.2 Å². The molecule has 100 valence electrons. The molecule has 0 aliphatic rings. The Bertz CT molecular complexity index is 548. The number of anilines is 1. The van der Waals surface area contributed by atoms with Crippen molar-refractivity contribution < 1.29 is 4.79 Å². The molecule has 0 saturated heterocycles. The third-order valence-corrected chi connectivity index (χ3v) is 2.67. The first-order valence-corrected chi connectivity index (χ1v) is 5.95. The molecule has 7 heteroatoms. The Hall–Kier alpha value is -2.44. The number of hydrogen-bond acceptors (Lipinski definition) is 5. The van der Waals surface area contributed by atoms with Gasteiger partial charge in [0.25, 0.3) is 0 Å². The van der Waals surface area contributed by atoms with Crippen LogP contribution in [0.15, 0.2) is 24.7 Å². The zero-order valence-electron chi connectivity index (χ0n) is 10.7. The van der Waals surface area contributed by atoms with Gasteiger partial charge in [-0.3, -0.25) is 9.78 Å². The summed E-state index contributed by atoms with van der Waals surface area (Å²) in [4.78, 5) is 15.8. The number of amides is 1. The van der Waals surface area contributed by atoms with E-state index >= 15 is 0 Å². The molecule has 0 aliphatic carbocycles. The highest BCUT2D eigenvalue weighted by Crippen LogP contribution is 2.01. The van der Waals surface area contributed by atoms with Gasteiger partial charge in [0, 0.05) is 25.7 Å². The lowest BCUT2D eigenvalue weighted by Crippen LogP contribution is -2.28. The molecule has 0 fully saturated rings. The zero-order valence-corrected chi connectivity index (χ0v) is 10.7. The van der Waals surface area contributed by atoms with Crippen LogP contribution in [0.1, 0.15) is 11.5 Å². The monoisotopic (exact) mass is 260 g/mol. The highest BCUT2D eigenvalue weighted by Gasteiger charge is 2.05. The van der Waals surface area contributed by atoms with Gasteiger partial charge in [-0.2, -0.15) is 0 Å². The van der Waals surface area contributed by atoms with E-state index in [9.17, 15) is 4.79 Å². The summed E-state index contributed by atoms with van der Waals surface area (Å²) < 4.78 is 1.83. The van der Waals surface area contributed by atoms with E-state index < -0.39 is 0 Å². The fourth-order valence-electron chi connectivity index (χ4n) is 1.61. The summed E-state index contributed by atoms with van der Waals surface area (Å²) in [5, 5.41) is 10.5. The molecule has 3 N–H and O–H groups in total. The SMILES string of the molecule is Cn1cnnc1CCNC(=O)Cc1ccc(N)cn1. The molecule has 0 atom stereocenters. The number of pyridine rings is 1. The van der Waals surface area contributed by atoms with Gasteiger partial charge in [-0.1, -0.05) is 0 Å². The van der Waals surface area contributed by atoms with E-state index in [-0.39, 0.29) is 12.3 Å². The molecule has 2 heterocycles. The van der Waals surface area contributed by atoms with Crippen LogP contribution in [0.4, 0.5) is 5.69 Å². The molecule has 0 unspecified atom stereocenters. The minimum absolute atomic E-state index is 0.0700. The van der Waals surface area contributed by atoms with Gasteiger partial charge in [0.15, 0.2) is 0 Å². The molecule has 0 radical (unpaired) electrons. The summed E-state index contributed by atoms with van der Waals surface area (Å²) in [5.74, 6) is 0.769. The lowest BCUT2D eigenvalue weighted by Gasteiger charge is -2.05. The van der Waals surface area contributed by atoms with E-state index in [2.05, 4.69) is 20.5 Å². The lowest BCUT2D eigenvalue weighted by atomic mass is 10.2. The van der Waals surface area contributed by atoms with Gasteiger partial charge in [0.2, 0.25) is 5.91 Å². The molecule has 2 rings (SSSR count). The van der Waals surface area contributed by atoms with Crippen molar-refractivity contribution in [3.05, 3.63) is 36.2 Å². The van der Waals surface area contributed by atoms with Crippen molar-refractivity contribution in [1.29, 1.82) is 0 Å². The number of nitrogen functional groups attached to an aromatic ring is 1. The molecular formula is C12H16N6O. The summed E-state index contributed by atoms with van der Waals surface area (Å²) in [6.07, 6.45) is 4.08. The number of carbonyl (C=O) groups is 1. The van der Waals surface area contributed by atoms with Crippen molar-refractivity contribution in [3.8, 4) is 0 Å². The fourth-order valence-corrected chi connectivity index (χ4v) is 1.61. The van der Waals surface area contributed by atoms with Crippen LogP contribution in [0.25, 0.3) is 0 Å². The van der Waals surface area contributed by atoms with Gasteiger partial charge in [-0.15, -0.1) is 10.2 Å². The molecule has 0 saturated carbocycles. The van der Waals surface area contributed by atoms with Crippen molar-refractivity contribution >= 4 is 11.6 Å². The first kappa shape index (κ1) is 13.0. The number of aromatic nitrogens is 4. The number of aryl methyl sites for hydroxylation is 1. The fraction of sp³-hybridized carbons (Fsp3) is 0.333. The highest BCUT2D eigenvalue weighted by molar-refractivity contribution is 5.78. The second-order valence-corrected chi connectivity index (χ2v) is 4.22.